The topological polar surface area (TPSA) is 46.6 Å². The van der Waals surface area contributed by atoms with Crippen molar-refractivity contribution < 1.29 is 14.3 Å². The summed E-state index contributed by atoms with van der Waals surface area (Å²) in [5.74, 6) is -0.674. The molecule has 1 aromatic carbocycles. The molecule has 1 saturated carbocycles. The highest BCUT2D eigenvalue weighted by Gasteiger charge is 2.51. The number of benzene rings is 1. The van der Waals surface area contributed by atoms with Gasteiger partial charge in [0, 0.05) is 13.1 Å². The predicted molar refractivity (Wildman–Crippen MR) is 113 cm³/mol. The number of nitrogens with zero attached hydrogens (tertiary/aromatic N) is 1. The lowest BCUT2D eigenvalue weighted by atomic mass is 9.62. The molecule has 0 spiro atoms. The predicted octanol–water partition coefficient (Wildman–Crippen LogP) is 4.54. The van der Waals surface area contributed by atoms with Gasteiger partial charge in [0.2, 0.25) is 5.91 Å². The third-order valence-corrected chi connectivity index (χ3v) is 7.15. The number of piperidine rings is 1. The van der Waals surface area contributed by atoms with E-state index >= 15 is 0 Å². The van der Waals surface area contributed by atoms with Gasteiger partial charge in [0.05, 0.1) is 11.8 Å². The minimum Gasteiger partial charge on any atom is -0.462 e. The second kappa shape index (κ2) is 8.73. The van der Waals surface area contributed by atoms with Gasteiger partial charge in [-0.15, -0.1) is 0 Å². The summed E-state index contributed by atoms with van der Waals surface area (Å²) in [7, 11) is 0. The monoisotopic (exact) mass is 395 g/mol. The Morgan fingerprint density at radius 1 is 1.17 bits per heavy atom. The summed E-state index contributed by atoms with van der Waals surface area (Å²) in [6.45, 7) is 3.61. The Bertz CT molecular complexity index is 753. The molecule has 29 heavy (non-hydrogen) atoms. The number of carbonyl (C=O) groups is 2. The van der Waals surface area contributed by atoms with Gasteiger partial charge in [0.25, 0.3) is 0 Å². The zero-order chi connectivity index (χ0) is 20.3. The fourth-order valence-electron chi connectivity index (χ4n) is 5.36. The largest absolute Gasteiger partial charge is 0.462 e. The number of hydrogen-bond acceptors (Lipinski definition) is 3. The first-order valence-corrected chi connectivity index (χ1v) is 11.3. The van der Waals surface area contributed by atoms with Gasteiger partial charge >= 0.3 is 5.97 Å². The molecule has 1 aliphatic heterocycles. The van der Waals surface area contributed by atoms with Crippen LogP contribution in [0.25, 0.3) is 0 Å². The number of allylic oxidation sites excluding steroid dienone is 2. The summed E-state index contributed by atoms with van der Waals surface area (Å²) < 4.78 is 5.89. The Balaban J connectivity index is 1.45. The van der Waals surface area contributed by atoms with Crippen molar-refractivity contribution in [1.82, 2.24) is 4.90 Å². The third kappa shape index (κ3) is 4.41. The minimum absolute atomic E-state index is 0.0429. The normalized spacial score (nSPS) is 30.1. The van der Waals surface area contributed by atoms with Crippen LogP contribution in [0.4, 0.5) is 0 Å². The van der Waals surface area contributed by atoms with E-state index in [0.717, 1.165) is 45.1 Å². The highest BCUT2D eigenvalue weighted by atomic mass is 16.5. The molecule has 1 heterocycles. The SMILES string of the molecule is C[C@@]12C=CC[C@H](C(=O)OC3CCCCC3)C1C(=O)N(CCc1ccccc1)CC2. The second-order valence-corrected chi connectivity index (χ2v) is 9.24. The van der Waals surface area contributed by atoms with E-state index in [-0.39, 0.29) is 35.2 Å². The molecule has 4 rings (SSSR count). The van der Waals surface area contributed by atoms with Crippen LogP contribution in [0.5, 0.6) is 0 Å². The molecule has 1 amide bonds. The zero-order valence-corrected chi connectivity index (χ0v) is 17.5. The van der Waals surface area contributed by atoms with Crippen LogP contribution in [0, 0.1) is 17.3 Å². The first-order chi connectivity index (χ1) is 14.1. The van der Waals surface area contributed by atoms with E-state index in [1.165, 1.54) is 12.0 Å². The molecule has 1 unspecified atom stereocenters. The molecule has 3 aliphatic rings. The van der Waals surface area contributed by atoms with E-state index in [0.29, 0.717) is 13.0 Å². The Labute approximate surface area is 174 Å². The van der Waals surface area contributed by atoms with Gasteiger partial charge in [-0.1, -0.05) is 55.8 Å². The van der Waals surface area contributed by atoms with Crippen LogP contribution < -0.4 is 0 Å². The number of amides is 1. The Hall–Kier alpha value is -2.10. The molecule has 3 atom stereocenters. The molecule has 0 radical (unpaired) electrons. The Morgan fingerprint density at radius 3 is 2.69 bits per heavy atom. The molecule has 156 valence electrons. The molecule has 0 bridgehead atoms. The number of hydrogen-bond donors (Lipinski definition) is 0. The molecule has 1 saturated heterocycles. The van der Waals surface area contributed by atoms with Crippen LogP contribution in [-0.2, 0) is 20.7 Å². The Kier molecular flexibility index (Phi) is 6.07. The third-order valence-electron chi connectivity index (χ3n) is 7.15. The van der Waals surface area contributed by atoms with Crippen molar-refractivity contribution in [2.45, 2.75) is 64.4 Å². The van der Waals surface area contributed by atoms with E-state index in [9.17, 15) is 9.59 Å². The van der Waals surface area contributed by atoms with Crippen molar-refractivity contribution in [1.29, 1.82) is 0 Å². The van der Waals surface area contributed by atoms with Crippen molar-refractivity contribution in [2.75, 3.05) is 13.1 Å². The number of rotatable bonds is 5. The summed E-state index contributed by atoms with van der Waals surface area (Å²) in [6, 6.07) is 10.3. The highest BCUT2D eigenvalue weighted by molar-refractivity contribution is 5.87. The van der Waals surface area contributed by atoms with Crippen molar-refractivity contribution in [3.63, 3.8) is 0 Å². The summed E-state index contributed by atoms with van der Waals surface area (Å²) in [5, 5.41) is 0. The second-order valence-electron chi connectivity index (χ2n) is 9.24. The van der Waals surface area contributed by atoms with Crippen molar-refractivity contribution in [3.05, 3.63) is 48.0 Å². The lowest BCUT2D eigenvalue weighted by Crippen LogP contribution is -2.55. The van der Waals surface area contributed by atoms with Gasteiger partial charge in [-0.3, -0.25) is 9.59 Å². The molecule has 0 aromatic heterocycles. The maximum absolute atomic E-state index is 13.5. The minimum atomic E-state index is -0.348. The van der Waals surface area contributed by atoms with Crippen LogP contribution >= 0.6 is 0 Å². The Morgan fingerprint density at radius 2 is 1.93 bits per heavy atom. The van der Waals surface area contributed by atoms with Crippen LogP contribution in [0.15, 0.2) is 42.5 Å². The van der Waals surface area contributed by atoms with Crippen molar-refractivity contribution >= 4 is 11.9 Å². The molecule has 0 N–H and O–H groups in total. The fraction of sp³-hybridized carbons (Fsp3) is 0.600. The molecule has 2 fully saturated rings. The number of fused-ring (bicyclic) bond motifs is 1. The number of esters is 1. The molecular weight excluding hydrogens is 362 g/mol. The summed E-state index contributed by atoms with van der Waals surface area (Å²) in [4.78, 5) is 28.5. The van der Waals surface area contributed by atoms with E-state index in [4.69, 9.17) is 4.74 Å². The van der Waals surface area contributed by atoms with Gasteiger partial charge in [-0.05, 0) is 55.9 Å². The van der Waals surface area contributed by atoms with E-state index < -0.39 is 0 Å². The lowest BCUT2D eigenvalue weighted by Gasteiger charge is -2.48. The quantitative estimate of drug-likeness (QED) is 0.543. The summed E-state index contributed by atoms with van der Waals surface area (Å²) in [6.07, 6.45) is 12.1. The molecule has 4 heteroatoms. The van der Waals surface area contributed by atoms with Gasteiger partial charge in [-0.25, -0.2) is 0 Å². The molecule has 2 aliphatic carbocycles. The number of carbonyl (C=O) groups excluding carboxylic acids is 2. The van der Waals surface area contributed by atoms with Gasteiger partial charge in [0.15, 0.2) is 0 Å². The van der Waals surface area contributed by atoms with Crippen molar-refractivity contribution in [2.24, 2.45) is 17.3 Å². The maximum Gasteiger partial charge on any atom is 0.310 e. The van der Waals surface area contributed by atoms with E-state index in [1.54, 1.807) is 0 Å². The van der Waals surface area contributed by atoms with Gasteiger partial charge < -0.3 is 9.64 Å². The molecular formula is C25H33NO3. The maximum atomic E-state index is 13.5. The van der Waals surface area contributed by atoms with Gasteiger partial charge in [-0.2, -0.15) is 0 Å². The zero-order valence-electron chi connectivity index (χ0n) is 17.5. The summed E-state index contributed by atoms with van der Waals surface area (Å²) >= 11 is 0. The smallest absolute Gasteiger partial charge is 0.310 e. The van der Waals surface area contributed by atoms with Crippen LogP contribution in [0.3, 0.4) is 0 Å². The fourth-order valence-corrected chi connectivity index (χ4v) is 5.36. The lowest BCUT2D eigenvalue weighted by molar-refractivity contribution is -0.167. The highest BCUT2D eigenvalue weighted by Crippen LogP contribution is 2.47. The van der Waals surface area contributed by atoms with E-state index in [2.05, 4.69) is 31.2 Å². The first kappa shape index (κ1) is 20.2. The number of likely N-dealkylation sites (tertiary alicyclic amines) is 1. The van der Waals surface area contributed by atoms with Gasteiger partial charge in [0.1, 0.15) is 6.10 Å². The van der Waals surface area contributed by atoms with Crippen molar-refractivity contribution in [3.8, 4) is 0 Å². The van der Waals surface area contributed by atoms with Crippen LogP contribution in [-0.4, -0.2) is 36.0 Å². The average Bonchev–Trinajstić information content (AvgIpc) is 2.74. The molecule has 1 aromatic rings. The standard InChI is InChI=1S/C25H33NO3/c1-25-15-8-13-21(24(28)29-20-11-6-3-7-12-20)22(25)23(27)26(18-16-25)17-14-19-9-4-2-5-10-19/h2,4-5,8-10,15,20-22H,3,6-7,11-14,16-18H2,1H3/t21-,22?,25-/m0/s1. The van der Waals surface area contributed by atoms with Crippen LogP contribution in [0.2, 0.25) is 0 Å². The van der Waals surface area contributed by atoms with E-state index in [1.807, 2.05) is 23.1 Å². The molecule has 4 nitrogen and oxygen atoms in total. The average molecular weight is 396 g/mol. The first-order valence-electron chi connectivity index (χ1n) is 11.3. The van der Waals surface area contributed by atoms with Crippen LogP contribution in [0.1, 0.15) is 57.4 Å². The summed E-state index contributed by atoms with van der Waals surface area (Å²) in [5.41, 5.74) is 1.000. The number of ether oxygens (including phenoxy) is 1.